The molecule has 0 saturated carbocycles. The van der Waals surface area contributed by atoms with Crippen LogP contribution in [-0.4, -0.2) is 26.4 Å². The van der Waals surface area contributed by atoms with E-state index in [-0.39, 0.29) is 18.2 Å². The molecule has 4 aromatic rings. The highest BCUT2D eigenvalue weighted by molar-refractivity contribution is 6.34. The van der Waals surface area contributed by atoms with Gasteiger partial charge in [0.05, 0.1) is 22.6 Å². The molecule has 3 aromatic heterocycles. The molecule has 0 saturated heterocycles. The molecule has 0 bridgehead atoms. The van der Waals surface area contributed by atoms with E-state index < -0.39 is 0 Å². The summed E-state index contributed by atoms with van der Waals surface area (Å²) in [6.45, 7) is 5.31. The highest BCUT2D eigenvalue weighted by atomic mass is 35.5. The van der Waals surface area contributed by atoms with Gasteiger partial charge in [0, 0.05) is 42.3 Å². The van der Waals surface area contributed by atoms with E-state index in [2.05, 4.69) is 15.4 Å². The number of nitrogens with one attached hydrogen (secondary N) is 1. The Balaban J connectivity index is 1.61. The van der Waals surface area contributed by atoms with E-state index in [1.807, 2.05) is 26.0 Å². The van der Waals surface area contributed by atoms with Gasteiger partial charge in [0.1, 0.15) is 5.82 Å². The van der Waals surface area contributed by atoms with E-state index in [0.29, 0.717) is 27.2 Å². The summed E-state index contributed by atoms with van der Waals surface area (Å²) in [6, 6.07) is 10.7. The summed E-state index contributed by atoms with van der Waals surface area (Å²) in [5.74, 6) is -0.177. The lowest BCUT2D eigenvalue weighted by molar-refractivity contribution is -0.116. The van der Waals surface area contributed by atoms with Crippen LogP contribution in [-0.2, 0) is 16.0 Å². The number of aryl methyl sites for hydroxylation is 2. The Morgan fingerprint density at radius 1 is 1.06 bits per heavy atom. The van der Waals surface area contributed by atoms with Crippen molar-refractivity contribution in [2.45, 2.75) is 27.2 Å². The van der Waals surface area contributed by atoms with E-state index in [1.165, 1.54) is 18.0 Å². The average molecular weight is 482 g/mol. The van der Waals surface area contributed by atoms with Gasteiger partial charge in [-0.15, -0.1) is 0 Å². The van der Waals surface area contributed by atoms with Crippen molar-refractivity contribution in [3.8, 4) is 0 Å². The lowest BCUT2D eigenvalue weighted by Crippen LogP contribution is -2.24. The van der Waals surface area contributed by atoms with Crippen LogP contribution in [0.2, 0.25) is 10.0 Å². The number of rotatable bonds is 5. The number of fused-ring (bicyclic) bond motifs is 1. The summed E-state index contributed by atoms with van der Waals surface area (Å²) in [5, 5.41) is 7.91. The minimum atomic E-state index is -0.279. The molecule has 0 atom stereocenters. The number of aromatic nitrogens is 3. The normalized spacial score (nSPS) is 10.9. The van der Waals surface area contributed by atoms with Crippen LogP contribution >= 0.6 is 23.2 Å². The van der Waals surface area contributed by atoms with E-state index in [1.54, 1.807) is 41.2 Å². The molecule has 4 rings (SSSR count). The van der Waals surface area contributed by atoms with Crippen LogP contribution in [0.4, 0.5) is 17.2 Å². The SMILES string of the molecule is CC(=O)N(c1cc(NC(=O)Cc2c(C)cc(C)cc2Cl)ccn1)c1cc2ccnn2cc1Cl. The molecule has 2 amide bonds. The van der Waals surface area contributed by atoms with Gasteiger partial charge in [0.15, 0.2) is 0 Å². The topological polar surface area (TPSA) is 79.6 Å². The summed E-state index contributed by atoms with van der Waals surface area (Å²) < 4.78 is 1.62. The Morgan fingerprint density at radius 2 is 1.85 bits per heavy atom. The van der Waals surface area contributed by atoms with Crippen molar-refractivity contribution in [2.24, 2.45) is 0 Å². The first-order valence-corrected chi connectivity index (χ1v) is 10.9. The quantitative estimate of drug-likeness (QED) is 0.406. The molecule has 0 aliphatic carbocycles. The number of amides is 2. The molecular formula is C24H21Cl2N5O2. The van der Waals surface area contributed by atoms with Crippen LogP contribution in [0.1, 0.15) is 23.6 Å². The Bertz CT molecular complexity index is 1360. The van der Waals surface area contributed by atoms with Gasteiger partial charge >= 0.3 is 0 Å². The van der Waals surface area contributed by atoms with Crippen LogP contribution in [0.5, 0.6) is 0 Å². The summed E-state index contributed by atoms with van der Waals surface area (Å²) in [5.41, 5.74) is 4.51. The first kappa shape index (κ1) is 22.8. The molecule has 33 heavy (non-hydrogen) atoms. The minimum Gasteiger partial charge on any atom is -0.326 e. The van der Waals surface area contributed by atoms with Crippen LogP contribution in [0.3, 0.4) is 0 Å². The zero-order valence-electron chi connectivity index (χ0n) is 18.3. The molecule has 0 aliphatic rings. The molecule has 9 heteroatoms. The first-order valence-electron chi connectivity index (χ1n) is 10.2. The van der Waals surface area contributed by atoms with E-state index >= 15 is 0 Å². The fraction of sp³-hybridized carbons (Fsp3) is 0.167. The predicted molar refractivity (Wildman–Crippen MR) is 131 cm³/mol. The first-order chi connectivity index (χ1) is 15.7. The summed E-state index contributed by atoms with van der Waals surface area (Å²) in [7, 11) is 0. The molecule has 0 fully saturated rings. The number of pyridine rings is 2. The average Bonchev–Trinajstić information content (AvgIpc) is 3.18. The van der Waals surface area contributed by atoms with E-state index in [0.717, 1.165) is 22.2 Å². The second-order valence-electron chi connectivity index (χ2n) is 7.73. The van der Waals surface area contributed by atoms with Crippen molar-refractivity contribution < 1.29 is 9.59 Å². The molecule has 1 N–H and O–H groups in total. The lowest BCUT2D eigenvalue weighted by atomic mass is 10.0. The smallest absolute Gasteiger partial charge is 0.229 e. The highest BCUT2D eigenvalue weighted by Gasteiger charge is 2.20. The second-order valence-corrected chi connectivity index (χ2v) is 8.55. The molecule has 7 nitrogen and oxygen atoms in total. The molecule has 3 heterocycles. The van der Waals surface area contributed by atoms with Crippen molar-refractivity contribution in [3.05, 3.63) is 81.7 Å². The number of anilines is 3. The van der Waals surface area contributed by atoms with Crippen LogP contribution in [0.15, 0.2) is 55.0 Å². The Kier molecular flexibility index (Phi) is 6.35. The number of nitrogens with zero attached hydrogens (tertiary/aromatic N) is 4. The Hall–Kier alpha value is -3.42. The maximum atomic E-state index is 12.7. The maximum Gasteiger partial charge on any atom is 0.229 e. The Labute approximate surface area is 201 Å². The van der Waals surface area contributed by atoms with Gasteiger partial charge in [-0.3, -0.25) is 14.5 Å². The number of halogens is 2. The van der Waals surface area contributed by atoms with Crippen LogP contribution < -0.4 is 10.2 Å². The summed E-state index contributed by atoms with van der Waals surface area (Å²) in [6.07, 6.45) is 4.92. The van der Waals surface area contributed by atoms with Gasteiger partial charge in [0.2, 0.25) is 11.8 Å². The number of carbonyl (C=O) groups is 2. The zero-order valence-corrected chi connectivity index (χ0v) is 19.8. The van der Waals surface area contributed by atoms with Crippen molar-refractivity contribution >= 4 is 57.7 Å². The van der Waals surface area contributed by atoms with Gasteiger partial charge in [-0.25, -0.2) is 9.50 Å². The van der Waals surface area contributed by atoms with Gasteiger partial charge in [-0.05, 0) is 54.8 Å². The maximum absolute atomic E-state index is 12.7. The highest BCUT2D eigenvalue weighted by Crippen LogP contribution is 2.33. The third kappa shape index (κ3) is 4.84. The van der Waals surface area contributed by atoms with Gasteiger partial charge in [0.25, 0.3) is 0 Å². The predicted octanol–water partition coefficient (Wildman–Crippen LogP) is 5.52. The van der Waals surface area contributed by atoms with Crippen LogP contribution in [0, 0.1) is 13.8 Å². The minimum absolute atomic E-state index is 0.128. The van der Waals surface area contributed by atoms with Gasteiger partial charge in [-0.1, -0.05) is 29.3 Å². The zero-order chi connectivity index (χ0) is 23.7. The molecule has 0 unspecified atom stereocenters. The van der Waals surface area contributed by atoms with Crippen LogP contribution in [0.25, 0.3) is 5.52 Å². The molecule has 0 aliphatic heterocycles. The largest absolute Gasteiger partial charge is 0.326 e. The van der Waals surface area contributed by atoms with Crippen molar-refractivity contribution in [2.75, 3.05) is 10.2 Å². The summed E-state index contributed by atoms with van der Waals surface area (Å²) in [4.78, 5) is 31.0. The number of hydrogen-bond acceptors (Lipinski definition) is 4. The number of hydrogen-bond donors (Lipinski definition) is 1. The van der Waals surface area contributed by atoms with Gasteiger partial charge < -0.3 is 5.32 Å². The monoisotopic (exact) mass is 481 g/mol. The summed E-state index contributed by atoms with van der Waals surface area (Å²) >= 11 is 12.8. The fourth-order valence-electron chi connectivity index (χ4n) is 3.71. The molecule has 168 valence electrons. The lowest BCUT2D eigenvalue weighted by Gasteiger charge is -2.22. The Morgan fingerprint density at radius 3 is 2.58 bits per heavy atom. The number of carbonyl (C=O) groups excluding carboxylic acids is 2. The van der Waals surface area contributed by atoms with Crippen molar-refractivity contribution in [3.63, 3.8) is 0 Å². The van der Waals surface area contributed by atoms with Gasteiger partial charge in [-0.2, -0.15) is 5.10 Å². The number of benzene rings is 1. The van der Waals surface area contributed by atoms with E-state index in [9.17, 15) is 9.59 Å². The van der Waals surface area contributed by atoms with Crippen molar-refractivity contribution in [1.82, 2.24) is 14.6 Å². The third-order valence-corrected chi connectivity index (χ3v) is 5.81. The molecule has 0 spiro atoms. The second kappa shape index (κ2) is 9.21. The van der Waals surface area contributed by atoms with Crippen molar-refractivity contribution in [1.29, 1.82) is 0 Å². The molecule has 1 aromatic carbocycles. The third-order valence-electron chi connectivity index (χ3n) is 5.18. The molecular weight excluding hydrogens is 461 g/mol. The standard InChI is InChI=1S/C24H21Cl2N5O2/c1-14-8-15(2)19(20(25)9-14)12-24(33)29-17-4-6-27-23(10-17)31(16(3)32)22-11-18-5-7-28-30(18)13-21(22)26/h4-11,13H,12H2,1-3H3,(H,27,29,33). The molecule has 0 radical (unpaired) electrons. The fourth-order valence-corrected chi connectivity index (χ4v) is 4.33. The van der Waals surface area contributed by atoms with E-state index in [4.69, 9.17) is 23.2 Å².